The van der Waals surface area contributed by atoms with E-state index in [1.807, 2.05) is 0 Å². The fraction of sp³-hybridized carbons (Fsp3) is 0.833. The number of carbonyl (C=O) groups is 4. The first-order chi connectivity index (χ1) is 16.7. The van der Waals surface area contributed by atoms with Gasteiger partial charge in [0.15, 0.2) is 12.2 Å². The van der Waals surface area contributed by atoms with Gasteiger partial charge >= 0.3 is 23.9 Å². The maximum Gasteiger partial charge on any atom is 0.345 e. The molecule has 0 aromatic rings. The molecule has 1 aliphatic rings. The highest BCUT2D eigenvalue weighted by molar-refractivity contribution is 5.91. The predicted octanol–water partition coefficient (Wildman–Crippen LogP) is 0.444. The quantitative estimate of drug-likeness (QED) is 0.131. The van der Waals surface area contributed by atoms with Gasteiger partial charge in [-0.3, -0.25) is 9.69 Å². The molecule has 0 aromatic carbocycles. The molecule has 1 rings (SSSR count). The van der Waals surface area contributed by atoms with Crippen molar-refractivity contribution in [2.75, 3.05) is 26.3 Å². The number of hydrogen-bond donors (Lipinski definition) is 4. The molecule has 0 radical (unpaired) electrons. The first-order valence-corrected chi connectivity index (χ1v) is 12.6. The van der Waals surface area contributed by atoms with Gasteiger partial charge < -0.3 is 29.9 Å². The number of ether oxygens (including phenoxy) is 2. The second-order valence-corrected chi connectivity index (χ2v) is 8.99. The standard InChI is InChI=1S/C24H41NO10/c1-2-3-4-5-6-7-8-9-12-18(22(31)35-24(33)20(29)16-27)25-13-10-11-17(14-25)21(30)34-23(32)19(28)15-26/h17-20,26-29H,2-16H2,1H3. The predicted molar refractivity (Wildman–Crippen MR) is 124 cm³/mol. The van der Waals surface area contributed by atoms with E-state index in [9.17, 15) is 29.4 Å². The second-order valence-electron chi connectivity index (χ2n) is 8.99. The number of piperidine rings is 1. The lowest BCUT2D eigenvalue weighted by Crippen LogP contribution is -2.50. The zero-order chi connectivity index (χ0) is 26.2. The van der Waals surface area contributed by atoms with Crippen molar-refractivity contribution < 1.29 is 49.1 Å². The first-order valence-electron chi connectivity index (χ1n) is 12.6. The van der Waals surface area contributed by atoms with Gasteiger partial charge in [0.1, 0.15) is 6.04 Å². The number of nitrogens with zero attached hydrogens (tertiary/aromatic N) is 1. The Hall–Kier alpha value is -1.92. The van der Waals surface area contributed by atoms with Crippen LogP contribution < -0.4 is 0 Å². The summed E-state index contributed by atoms with van der Waals surface area (Å²) >= 11 is 0. The maximum absolute atomic E-state index is 12.8. The average molecular weight is 504 g/mol. The van der Waals surface area contributed by atoms with Crippen molar-refractivity contribution in [3.05, 3.63) is 0 Å². The lowest BCUT2D eigenvalue weighted by atomic mass is 9.95. The largest absolute Gasteiger partial charge is 0.393 e. The molecule has 0 aliphatic carbocycles. The van der Waals surface area contributed by atoms with Gasteiger partial charge in [0.05, 0.1) is 19.1 Å². The van der Waals surface area contributed by atoms with Crippen molar-refractivity contribution in [2.45, 2.75) is 95.8 Å². The maximum atomic E-state index is 12.8. The van der Waals surface area contributed by atoms with Crippen LogP contribution in [-0.4, -0.2) is 93.8 Å². The first kappa shape index (κ1) is 31.1. The highest BCUT2D eigenvalue weighted by Crippen LogP contribution is 2.23. The third kappa shape index (κ3) is 11.6. The molecule has 11 nitrogen and oxygen atoms in total. The number of hydrogen-bond acceptors (Lipinski definition) is 11. The Morgan fingerprint density at radius 2 is 1.37 bits per heavy atom. The van der Waals surface area contributed by atoms with Crippen LogP contribution in [0.2, 0.25) is 0 Å². The van der Waals surface area contributed by atoms with Gasteiger partial charge in [0.2, 0.25) is 0 Å². The summed E-state index contributed by atoms with van der Waals surface area (Å²) in [6.45, 7) is 0.938. The molecule has 1 aliphatic heterocycles. The summed E-state index contributed by atoms with van der Waals surface area (Å²) in [6.07, 6.45) is 6.09. The van der Waals surface area contributed by atoms with E-state index in [1.54, 1.807) is 4.90 Å². The normalized spacial score (nSPS) is 18.9. The van der Waals surface area contributed by atoms with Crippen molar-refractivity contribution in [3.63, 3.8) is 0 Å². The van der Waals surface area contributed by atoms with Crippen LogP contribution in [0.5, 0.6) is 0 Å². The number of carbonyl (C=O) groups excluding carboxylic acids is 4. The van der Waals surface area contributed by atoms with E-state index in [-0.39, 0.29) is 6.54 Å². The Bertz CT molecular complexity index is 671. The van der Waals surface area contributed by atoms with Gasteiger partial charge in [-0.25, -0.2) is 14.4 Å². The zero-order valence-electron chi connectivity index (χ0n) is 20.6. The molecule has 4 unspecified atom stereocenters. The van der Waals surface area contributed by atoms with E-state index in [1.165, 1.54) is 19.3 Å². The van der Waals surface area contributed by atoms with Gasteiger partial charge in [-0.1, -0.05) is 58.3 Å². The molecule has 0 bridgehead atoms. The molecule has 1 heterocycles. The highest BCUT2D eigenvalue weighted by atomic mass is 16.6. The smallest absolute Gasteiger partial charge is 0.345 e. The minimum atomic E-state index is -1.82. The molecule has 0 saturated carbocycles. The van der Waals surface area contributed by atoms with Crippen LogP contribution in [0.4, 0.5) is 0 Å². The molecule has 0 aromatic heterocycles. The molecule has 4 atom stereocenters. The van der Waals surface area contributed by atoms with Gasteiger partial charge in [0.25, 0.3) is 0 Å². The van der Waals surface area contributed by atoms with Gasteiger partial charge in [0, 0.05) is 6.54 Å². The number of rotatable bonds is 16. The van der Waals surface area contributed by atoms with Crippen LogP contribution in [-0.2, 0) is 28.7 Å². The second kappa shape index (κ2) is 17.5. The van der Waals surface area contributed by atoms with Gasteiger partial charge in [-0.2, -0.15) is 0 Å². The molecule has 0 spiro atoms. The molecule has 11 heteroatoms. The van der Waals surface area contributed by atoms with Crippen molar-refractivity contribution >= 4 is 23.9 Å². The van der Waals surface area contributed by atoms with Crippen molar-refractivity contribution in [1.29, 1.82) is 0 Å². The summed E-state index contributed by atoms with van der Waals surface area (Å²) < 4.78 is 9.44. The van der Waals surface area contributed by atoms with Crippen LogP contribution in [0.1, 0.15) is 77.6 Å². The van der Waals surface area contributed by atoms with Crippen molar-refractivity contribution in [2.24, 2.45) is 5.92 Å². The van der Waals surface area contributed by atoms with Crippen LogP contribution in [0, 0.1) is 5.92 Å². The fourth-order valence-electron chi connectivity index (χ4n) is 4.04. The van der Waals surface area contributed by atoms with E-state index < -0.39 is 61.3 Å². The molecule has 4 N–H and O–H groups in total. The van der Waals surface area contributed by atoms with Crippen LogP contribution in [0.15, 0.2) is 0 Å². The summed E-state index contributed by atoms with van der Waals surface area (Å²) in [5, 5.41) is 36.5. The molecule has 202 valence electrons. The van der Waals surface area contributed by atoms with Crippen molar-refractivity contribution in [1.82, 2.24) is 4.90 Å². The molecule has 1 saturated heterocycles. The van der Waals surface area contributed by atoms with E-state index in [0.29, 0.717) is 32.2 Å². The molecule has 35 heavy (non-hydrogen) atoms. The Morgan fingerprint density at radius 3 is 1.94 bits per heavy atom. The summed E-state index contributed by atoms with van der Waals surface area (Å²) in [6, 6.07) is -0.848. The van der Waals surface area contributed by atoms with E-state index >= 15 is 0 Å². The number of aliphatic hydroxyl groups is 4. The zero-order valence-corrected chi connectivity index (χ0v) is 20.6. The van der Waals surface area contributed by atoms with E-state index in [0.717, 1.165) is 25.7 Å². The Balaban J connectivity index is 2.75. The van der Waals surface area contributed by atoms with Gasteiger partial charge in [-0.05, 0) is 25.8 Å². The molecular formula is C24H41NO10. The van der Waals surface area contributed by atoms with Gasteiger partial charge in [-0.15, -0.1) is 0 Å². The number of esters is 4. The lowest BCUT2D eigenvalue weighted by Gasteiger charge is -2.36. The summed E-state index contributed by atoms with van der Waals surface area (Å²) in [5.41, 5.74) is 0. The average Bonchev–Trinajstić information content (AvgIpc) is 2.86. The van der Waals surface area contributed by atoms with E-state index in [4.69, 9.17) is 14.9 Å². The van der Waals surface area contributed by atoms with Crippen LogP contribution in [0.3, 0.4) is 0 Å². The molecule has 1 fully saturated rings. The SMILES string of the molecule is CCCCCCCCCCC(C(=O)OC(=O)C(O)CO)N1CCCC(C(=O)OC(=O)C(O)CO)C1. The highest BCUT2D eigenvalue weighted by Gasteiger charge is 2.36. The third-order valence-electron chi connectivity index (χ3n) is 6.12. The van der Waals surface area contributed by atoms with Crippen molar-refractivity contribution in [3.8, 4) is 0 Å². The third-order valence-corrected chi connectivity index (χ3v) is 6.12. The lowest BCUT2D eigenvalue weighted by molar-refractivity contribution is -0.175. The number of unbranched alkanes of at least 4 members (excludes halogenated alkanes) is 7. The topological polar surface area (TPSA) is 171 Å². The Kier molecular flexibility index (Phi) is 15.6. The summed E-state index contributed by atoms with van der Waals surface area (Å²) in [4.78, 5) is 50.3. The summed E-state index contributed by atoms with van der Waals surface area (Å²) in [5.74, 6) is -4.96. The van der Waals surface area contributed by atoms with E-state index in [2.05, 4.69) is 11.7 Å². The number of aliphatic hydroxyl groups excluding tert-OH is 4. The summed E-state index contributed by atoms with van der Waals surface area (Å²) in [7, 11) is 0. The Labute approximate surface area is 206 Å². The monoisotopic (exact) mass is 503 g/mol. The minimum absolute atomic E-state index is 0.0782. The molecule has 0 amide bonds. The fourth-order valence-corrected chi connectivity index (χ4v) is 4.04. The van der Waals surface area contributed by atoms with Crippen LogP contribution >= 0.6 is 0 Å². The Morgan fingerprint density at radius 1 is 0.829 bits per heavy atom. The molecular weight excluding hydrogens is 462 g/mol. The minimum Gasteiger partial charge on any atom is -0.393 e. The van der Waals surface area contributed by atoms with Crippen LogP contribution in [0.25, 0.3) is 0 Å². The number of likely N-dealkylation sites (tertiary alicyclic amines) is 1.